The molecule has 0 fully saturated rings. The predicted molar refractivity (Wildman–Crippen MR) is 53.9 cm³/mol. The van der Waals surface area contributed by atoms with Gasteiger partial charge in [0, 0.05) is 13.6 Å². The highest BCUT2D eigenvalue weighted by atomic mass is 35.5. The summed E-state index contributed by atoms with van der Waals surface area (Å²) in [5.41, 5.74) is 0. The summed E-state index contributed by atoms with van der Waals surface area (Å²) in [5, 5.41) is 9.19. The molecule has 1 N–H and O–H groups in total. The fraction of sp³-hybridized carbons (Fsp3) is 0.500. The van der Waals surface area contributed by atoms with Crippen molar-refractivity contribution in [1.82, 2.24) is 9.97 Å². The van der Waals surface area contributed by atoms with Crippen molar-refractivity contribution in [2.24, 2.45) is 0 Å². The molecule has 5 nitrogen and oxygen atoms in total. The number of anilines is 1. The van der Waals surface area contributed by atoms with Gasteiger partial charge in [0.25, 0.3) is 0 Å². The average Bonchev–Trinajstić information content (AvgIpc) is 2.19. The highest BCUT2D eigenvalue weighted by Crippen LogP contribution is 2.22. The molecule has 1 rings (SSSR count). The number of aliphatic hydroxyl groups is 1. The zero-order chi connectivity index (χ0) is 10.6. The predicted octanol–water partition coefficient (Wildman–Crippen LogP) is 0.567. The maximum atomic E-state index is 8.76. The molecule has 0 saturated heterocycles. The van der Waals surface area contributed by atoms with Gasteiger partial charge in [-0.05, 0) is 0 Å². The number of aromatic nitrogens is 2. The Labute approximate surface area is 87.3 Å². The smallest absolute Gasteiger partial charge is 0.318 e. The van der Waals surface area contributed by atoms with Gasteiger partial charge in [0.2, 0.25) is 0 Å². The maximum absolute atomic E-state index is 8.76. The molecule has 0 aliphatic carbocycles. The van der Waals surface area contributed by atoms with E-state index >= 15 is 0 Å². The van der Waals surface area contributed by atoms with Gasteiger partial charge >= 0.3 is 6.01 Å². The lowest BCUT2D eigenvalue weighted by Gasteiger charge is -2.17. The number of likely N-dealkylation sites (N-methyl/N-ethyl adjacent to an activating group) is 1. The van der Waals surface area contributed by atoms with E-state index in [1.54, 1.807) is 11.9 Å². The molecule has 78 valence electrons. The third kappa shape index (κ3) is 2.46. The number of ether oxygens (including phenoxy) is 1. The Bertz CT molecular complexity index is 309. The number of hydrogen-bond acceptors (Lipinski definition) is 5. The van der Waals surface area contributed by atoms with E-state index in [1.807, 2.05) is 0 Å². The van der Waals surface area contributed by atoms with Crippen molar-refractivity contribution < 1.29 is 9.84 Å². The van der Waals surface area contributed by atoms with Crippen molar-refractivity contribution in [3.63, 3.8) is 0 Å². The van der Waals surface area contributed by atoms with Gasteiger partial charge in [0.05, 0.1) is 19.9 Å². The van der Waals surface area contributed by atoms with Crippen molar-refractivity contribution >= 4 is 17.4 Å². The van der Waals surface area contributed by atoms with Crippen molar-refractivity contribution in [3.05, 3.63) is 11.2 Å². The number of hydrogen-bond donors (Lipinski definition) is 1. The van der Waals surface area contributed by atoms with Gasteiger partial charge in [-0.2, -0.15) is 4.98 Å². The number of methoxy groups -OCH3 is 1. The Morgan fingerprint density at radius 3 is 2.93 bits per heavy atom. The van der Waals surface area contributed by atoms with Crippen molar-refractivity contribution in [3.8, 4) is 6.01 Å². The van der Waals surface area contributed by atoms with E-state index in [9.17, 15) is 0 Å². The SMILES string of the molecule is COc1ncc(Cl)c(N(C)CCO)n1. The molecule has 0 spiro atoms. The fourth-order valence-electron chi connectivity index (χ4n) is 0.964. The minimum absolute atomic E-state index is 0.0408. The van der Waals surface area contributed by atoms with Gasteiger partial charge in [-0.1, -0.05) is 11.6 Å². The molecule has 6 heteroatoms. The molecule has 1 aromatic rings. The molecule has 1 aromatic heterocycles. The molecule has 0 atom stereocenters. The van der Waals surface area contributed by atoms with Crippen LogP contribution in [0.4, 0.5) is 5.82 Å². The quantitative estimate of drug-likeness (QED) is 0.799. The Morgan fingerprint density at radius 2 is 2.36 bits per heavy atom. The van der Waals surface area contributed by atoms with Crippen LogP contribution in [-0.2, 0) is 0 Å². The van der Waals surface area contributed by atoms with Gasteiger partial charge in [-0.15, -0.1) is 0 Å². The highest BCUT2D eigenvalue weighted by Gasteiger charge is 2.09. The topological polar surface area (TPSA) is 58.5 Å². The van der Waals surface area contributed by atoms with Crippen LogP contribution in [0.25, 0.3) is 0 Å². The molecule has 14 heavy (non-hydrogen) atoms. The number of nitrogens with zero attached hydrogens (tertiary/aromatic N) is 3. The molecule has 0 aliphatic heterocycles. The summed E-state index contributed by atoms with van der Waals surface area (Å²) in [4.78, 5) is 9.63. The molecule has 0 saturated carbocycles. The molecule has 0 bridgehead atoms. The van der Waals surface area contributed by atoms with Crippen molar-refractivity contribution in [2.75, 3.05) is 32.2 Å². The van der Waals surface area contributed by atoms with Gasteiger partial charge in [-0.25, -0.2) is 4.98 Å². The van der Waals surface area contributed by atoms with E-state index in [4.69, 9.17) is 21.4 Å². The van der Waals surface area contributed by atoms with E-state index in [1.165, 1.54) is 13.3 Å². The lowest BCUT2D eigenvalue weighted by Crippen LogP contribution is -2.22. The molecule has 0 amide bonds. The largest absolute Gasteiger partial charge is 0.467 e. The monoisotopic (exact) mass is 217 g/mol. The first-order chi connectivity index (χ1) is 6.69. The van der Waals surface area contributed by atoms with E-state index in [0.29, 0.717) is 17.4 Å². The van der Waals surface area contributed by atoms with Crippen LogP contribution < -0.4 is 9.64 Å². The van der Waals surface area contributed by atoms with Crippen LogP contribution in [0, 0.1) is 0 Å². The summed E-state index contributed by atoms with van der Waals surface area (Å²) in [6.07, 6.45) is 1.47. The van der Waals surface area contributed by atoms with Crippen LogP contribution in [0.1, 0.15) is 0 Å². The Balaban J connectivity index is 2.93. The third-order valence-electron chi connectivity index (χ3n) is 1.68. The summed E-state index contributed by atoms with van der Waals surface area (Å²) in [6.45, 7) is 0.499. The van der Waals surface area contributed by atoms with Crippen LogP contribution in [0.15, 0.2) is 6.20 Å². The Hall–Kier alpha value is -1.07. The van der Waals surface area contributed by atoms with Crippen LogP contribution in [0.2, 0.25) is 5.02 Å². The second-order valence-electron chi connectivity index (χ2n) is 2.67. The standard InChI is InChI=1S/C8H12ClN3O2/c1-12(3-4-13)7-6(9)5-10-8(11-7)14-2/h5,13H,3-4H2,1-2H3. The fourth-order valence-corrected chi connectivity index (χ4v) is 1.20. The number of aliphatic hydroxyl groups excluding tert-OH is 1. The van der Waals surface area contributed by atoms with Gasteiger partial charge in [-0.3, -0.25) is 0 Å². The maximum Gasteiger partial charge on any atom is 0.318 e. The van der Waals surface area contributed by atoms with E-state index in [2.05, 4.69) is 9.97 Å². The molecule has 0 aliphatic rings. The summed E-state index contributed by atoms with van der Waals surface area (Å²) in [6, 6.07) is 0.259. The minimum atomic E-state index is 0.0408. The van der Waals surface area contributed by atoms with Gasteiger partial charge in [0.1, 0.15) is 5.02 Å². The van der Waals surface area contributed by atoms with E-state index in [-0.39, 0.29) is 12.6 Å². The summed E-state index contributed by atoms with van der Waals surface area (Å²) in [7, 11) is 3.27. The lowest BCUT2D eigenvalue weighted by atomic mass is 10.5. The van der Waals surface area contributed by atoms with Crippen molar-refractivity contribution in [1.29, 1.82) is 0 Å². The molecular formula is C8H12ClN3O2. The summed E-state index contributed by atoms with van der Waals surface area (Å²) >= 11 is 5.88. The highest BCUT2D eigenvalue weighted by molar-refractivity contribution is 6.32. The zero-order valence-electron chi connectivity index (χ0n) is 8.07. The van der Waals surface area contributed by atoms with Gasteiger partial charge in [0.15, 0.2) is 5.82 Å². The first-order valence-corrected chi connectivity index (χ1v) is 4.45. The van der Waals surface area contributed by atoms with Crippen molar-refractivity contribution in [2.45, 2.75) is 0 Å². The summed E-state index contributed by atoms with van der Waals surface area (Å²) in [5.74, 6) is 0.549. The van der Waals surface area contributed by atoms with Crippen LogP contribution in [0.5, 0.6) is 6.01 Å². The zero-order valence-corrected chi connectivity index (χ0v) is 8.82. The van der Waals surface area contributed by atoms with Gasteiger partial charge < -0.3 is 14.7 Å². The Morgan fingerprint density at radius 1 is 1.64 bits per heavy atom. The number of halogens is 1. The molecule has 1 heterocycles. The second-order valence-corrected chi connectivity index (χ2v) is 3.08. The molecule has 0 unspecified atom stereocenters. The second kappa shape index (κ2) is 4.97. The normalized spacial score (nSPS) is 10.0. The molecular weight excluding hydrogens is 206 g/mol. The molecule has 0 radical (unpaired) electrons. The summed E-state index contributed by atoms with van der Waals surface area (Å²) < 4.78 is 4.87. The van der Waals surface area contributed by atoms with Crippen LogP contribution in [-0.4, -0.2) is 42.4 Å². The minimum Gasteiger partial charge on any atom is -0.467 e. The first-order valence-electron chi connectivity index (χ1n) is 4.07. The average molecular weight is 218 g/mol. The van der Waals surface area contributed by atoms with E-state index < -0.39 is 0 Å². The lowest BCUT2D eigenvalue weighted by molar-refractivity contribution is 0.303. The number of rotatable bonds is 4. The van der Waals surface area contributed by atoms with E-state index in [0.717, 1.165) is 0 Å². The van der Waals surface area contributed by atoms with Crippen LogP contribution >= 0.6 is 11.6 Å². The van der Waals surface area contributed by atoms with Crippen LogP contribution in [0.3, 0.4) is 0 Å². The first kappa shape index (κ1) is 11.0. The molecule has 0 aromatic carbocycles. The third-order valence-corrected chi connectivity index (χ3v) is 1.95. The Kier molecular flexibility index (Phi) is 3.91.